The van der Waals surface area contributed by atoms with E-state index >= 15 is 0 Å². The number of H-pyrrole nitrogens is 1. The van der Waals surface area contributed by atoms with Crippen LogP contribution in [0.3, 0.4) is 0 Å². The Bertz CT molecular complexity index is 471. The maximum Gasteiger partial charge on any atom is 0.273 e. The maximum absolute atomic E-state index is 11.3. The fourth-order valence-corrected chi connectivity index (χ4v) is 1.05. The second-order valence-electron chi connectivity index (χ2n) is 2.62. The van der Waals surface area contributed by atoms with Crippen LogP contribution in [0.5, 0.6) is 0 Å². The number of aryl methyl sites for hydroxylation is 1. The van der Waals surface area contributed by atoms with Crippen LogP contribution < -0.4 is 5.56 Å². The molecule has 0 amide bonds. The van der Waals surface area contributed by atoms with Crippen molar-refractivity contribution in [3.05, 3.63) is 40.8 Å². The molecule has 0 unspecified atom stereocenters. The third kappa shape index (κ3) is 1.35. The van der Waals surface area contributed by atoms with E-state index in [1.807, 2.05) is 0 Å². The van der Waals surface area contributed by atoms with Crippen LogP contribution >= 0.6 is 0 Å². The average molecular weight is 176 g/mol. The fraction of sp³-hybridized carbons (Fsp3) is 0.125. The Morgan fingerprint density at radius 3 is 3.00 bits per heavy atom. The molecular formula is C8H8N4O. The summed E-state index contributed by atoms with van der Waals surface area (Å²) in [6.45, 7) is 1.77. The topological polar surface area (TPSA) is 63.6 Å². The Labute approximate surface area is 74.1 Å². The van der Waals surface area contributed by atoms with Crippen molar-refractivity contribution in [3.63, 3.8) is 0 Å². The molecular weight excluding hydrogens is 168 g/mol. The van der Waals surface area contributed by atoms with E-state index in [1.165, 1.54) is 11.0 Å². The van der Waals surface area contributed by atoms with Crippen molar-refractivity contribution < 1.29 is 0 Å². The van der Waals surface area contributed by atoms with E-state index in [1.54, 1.807) is 25.3 Å². The van der Waals surface area contributed by atoms with E-state index < -0.39 is 0 Å². The summed E-state index contributed by atoms with van der Waals surface area (Å²) in [5.41, 5.74) is 0.301. The van der Waals surface area contributed by atoms with Gasteiger partial charge in [0.15, 0.2) is 0 Å². The first-order chi connectivity index (χ1) is 6.27. The van der Waals surface area contributed by atoms with Gasteiger partial charge in [0, 0.05) is 6.20 Å². The molecule has 0 atom stereocenters. The minimum absolute atomic E-state index is 0.174. The highest BCUT2D eigenvalue weighted by Crippen LogP contribution is 1.96. The number of pyridine rings is 1. The van der Waals surface area contributed by atoms with Crippen LogP contribution in [-0.4, -0.2) is 19.7 Å². The van der Waals surface area contributed by atoms with E-state index in [-0.39, 0.29) is 5.56 Å². The largest absolute Gasteiger partial charge is 0.327 e. The first kappa shape index (κ1) is 7.72. The van der Waals surface area contributed by atoms with Gasteiger partial charge in [0.05, 0.1) is 0 Å². The highest BCUT2D eigenvalue weighted by molar-refractivity contribution is 5.25. The predicted octanol–water partition coefficient (Wildman–Crippen LogP) is 0.264. The van der Waals surface area contributed by atoms with Crippen LogP contribution in [0.2, 0.25) is 0 Å². The molecule has 5 heteroatoms. The number of aromatic nitrogens is 4. The lowest BCUT2D eigenvalue weighted by atomic mass is 10.4. The molecule has 0 radical (unpaired) electrons. The van der Waals surface area contributed by atoms with E-state index in [0.717, 1.165) is 0 Å². The lowest BCUT2D eigenvalue weighted by molar-refractivity contribution is 0.847. The third-order valence-electron chi connectivity index (χ3n) is 1.65. The molecule has 13 heavy (non-hydrogen) atoms. The lowest BCUT2D eigenvalue weighted by Gasteiger charge is -1.96. The molecule has 2 aromatic rings. The second-order valence-corrected chi connectivity index (χ2v) is 2.62. The zero-order valence-electron chi connectivity index (χ0n) is 7.06. The van der Waals surface area contributed by atoms with Gasteiger partial charge >= 0.3 is 0 Å². The van der Waals surface area contributed by atoms with Gasteiger partial charge < -0.3 is 4.98 Å². The Morgan fingerprint density at radius 1 is 1.54 bits per heavy atom. The highest BCUT2D eigenvalue weighted by Gasteiger charge is 2.01. The van der Waals surface area contributed by atoms with E-state index in [4.69, 9.17) is 0 Å². The predicted molar refractivity (Wildman–Crippen MR) is 46.7 cm³/mol. The molecule has 1 N–H and O–H groups in total. The summed E-state index contributed by atoms with van der Waals surface area (Å²) in [6.07, 6.45) is 3.09. The van der Waals surface area contributed by atoms with Crippen molar-refractivity contribution in [2.75, 3.05) is 0 Å². The fourth-order valence-electron chi connectivity index (χ4n) is 1.05. The summed E-state index contributed by atoms with van der Waals surface area (Å²) in [6, 6.07) is 3.43. The quantitative estimate of drug-likeness (QED) is 0.678. The van der Waals surface area contributed by atoms with Crippen LogP contribution in [0, 0.1) is 6.92 Å². The summed E-state index contributed by atoms with van der Waals surface area (Å²) in [7, 11) is 0. The summed E-state index contributed by atoms with van der Waals surface area (Å²) >= 11 is 0. The number of hydrogen-bond acceptors (Lipinski definition) is 3. The van der Waals surface area contributed by atoms with Gasteiger partial charge in [-0.25, -0.2) is 9.67 Å². The molecule has 0 bridgehead atoms. The number of nitrogens with zero attached hydrogens (tertiary/aromatic N) is 3. The first-order valence-corrected chi connectivity index (χ1v) is 3.84. The van der Waals surface area contributed by atoms with Crippen LogP contribution in [0.25, 0.3) is 5.69 Å². The van der Waals surface area contributed by atoms with Crippen LogP contribution in [0.4, 0.5) is 0 Å². The molecule has 5 nitrogen and oxygen atoms in total. The minimum Gasteiger partial charge on any atom is -0.327 e. The van der Waals surface area contributed by atoms with Crippen LogP contribution in [0.1, 0.15) is 5.82 Å². The molecule has 0 aliphatic rings. The molecule has 0 saturated carbocycles. The lowest BCUT2D eigenvalue weighted by Crippen LogP contribution is -2.13. The molecule has 0 aliphatic carbocycles. The Hall–Kier alpha value is -1.91. The van der Waals surface area contributed by atoms with Gasteiger partial charge in [-0.1, -0.05) is 0 Å². The molecule has 0 aromatic carbocycles. The number of rotatable bonds is 1. The number of nitrogens with one attached hydrogen (secondary N) is 1. The van der Waals surface area contributed by atoms with E-state index in [2.05, 4.69) is 15.1 Å². The van der Waals surface area contributed by atoms with Crippen molar-refractivity contribution in [1.29, 1.82) is 0 Å². The standard InChI is InChI=1S/C8H8N4O/c1-6-10-5-12(11-6)7-3-2-4-9-8(7)13/h2-5H,1H3,(H,9,13). The third-order valence-corrected chi connectivity index (χ3v) is 1.65. The van der Waals surface area contributed by atoms with Gasteiger partial charge in [0.1, 0.15) is 17.8 Å². The van der Waals surface area contributed by atoms with Crippen LogP contribution in [0.15, 0.2) is 29.5 Å². The van der Waals surface area contributed by atoms with Gasteiger partial charge in [-0.05, 0) is 19.1 Å². The smallest absolute Gasteiger partial charge is 0.273 e. The van der Waals surface area contributed by atoms with Crippen molar-refractivity contribution in [1.82, 2.24) is 19.7 Å². The molecule has 0 saturated heterocycles. The van der Waals surface area contributed by atoms with E-state index in [0.29, 0.717) is 11.5 Å². The molecule has 2 rings (SSSR count). The summed E-state index contributed by atoms with van der Waals surface area (Å²) in [5, 5.41) is 4.03. The zero-order valence-corrected chi connectivity index (χ0v) is 7.06. The summed E-state index contributed by atoms with van der Waals surface area (Å²) < 4.78 is 1.45. The van der Waals surface area contributed by atoms with Gasteiger partial charge in [-0.2, -0.15) is 5.10 Å². The average Bonchev–Trinajstić information content (AvgIpc) is 2.53. The van der Waals surface area contributed by atoms with Gasteiger partial charge in [0.2, 0.25) is 0 Å². The molecule has 2 aromatic heterocycles. The summed E-state index contributed by atoms with van der Waals surface area (Å²) in [4.78, 5) is 17.8. The monoisotopic (exact) mass is 176 g/mol. The van der Waals surface area contributed by atoms with Crippen molar-refractivity contribution >= 4 is 0 Å². The van der Waals surface area contributed by atoms with Crippen molar-refractivity contribution in [2.45, 2.75) is 6.92 Å². The van der Waals surface area contributed by atoms with Gasteiger partial charge in [-0.15, -0.1) is 0 Å². The molecule has 2 heterocycles. The molecule has 0 fully saturated rings. The highest BCUT2D eigenvalue weighted by atomic mass is 16.1. The molecule has 66 valence electrons. The van der Waals surface area contributed by atoms with Gasteiger partial charge in [-0.3, -0.25) is 4.79 Å². The number of aromatic amines is 1. The SMILES string of the molecule is Cc1ncn(-c2ccc[nH]c2=O)n1. The van der Waals surface area contributed by atoms with Gasteiger partial charge in [0.25, 0.3) is 5.56 Å². The Balaban J connectivity index is 2.59. The number of hydrogen-bond donors (Lipinski definition) is 1. The van der Waals surface area contributed by atoms with Crippen molar-refractivity contribution in [3.8, 4) is 5.69 Å². The van der Waals surface area contributed by atoms with Crippen molar-refractivity contribution in [2.24, 2.45) is 0 Å². The minimum atomic E-state index is -0.174. The summed E-state index contributed by atoms with van der Waals surface area (Å²) in [5.74, 6) is 0.642. The first-order valence-electron chi connectivity index (χ1n) is 3.84. The van der Waals surface area contributed by atoms with E-state index in [9.17, 15) is 4.79 Å². The molecule has 0 aliphatic heterocycles. The normalized spacial score (nSPS) is 10.2. The Morgan fingerprint density at radius 2 is 2.38 bits per heavy atom. The zero-order chi connectivity index (χ0) is 9.26. The Kier molecular flexibility index (Phi) is 1.70. The van der Waals surface area contributed by atoms with Crippen LogP contribution in [-0.2, 0) is 0 Å². The molecule has 0 spiro atoms. The second kappa shape index (κ2) is 2.85. The maximum atomic E-state index is 11.3.